The van der Waals surface area contributed by atoms with Gasteiger partial charge in [-0.3, -0.25) is 0 Å². The zero-order chi connectivity index (χ0) is 18.1. The minimum Gasteiger partial charge on any atom is -0.361 e. The van der Waals surface area contributed by atoms with E-state index < -0.39 is 0 Å². The van der Waals surface area contributed by atoms with Gasteiger partial charge in [-0.05, 0) is 55.0 Å². The Labute approximate surface area is 158 Å². The molecule has 2 amide bonds. The van der Waals surface area contributed by atoms with Crippen LogP contribution in [0.25, 0.3) is 10.9 Å². The molecule has 0 saturated carbocycles. The van der Waals surface area contributed by atoms with Crippen LogP contribution >= 0.6 is 11.6 Å². The monoisotopic (exact) mass is 367 g/mol. The number of benzene rings is 2. The van der Waals surface area contributed by atoms with E-state index in [2.05, 4.69) is 34.7 Å². The number of nitrogens with one attached hydrogen (secondary N) is 2. The van der Waals surface area contributed by atoms with Crippen LogP contribution in [0.15, 0.2) is 48.7 Å². The minimum atomic E-state index is -0.0534. The van der Waals surface area contributed by atoms with Crippen molar-refractivity contribution >= 4 is 34.2 Å². The molecule has 0 unspecified atom stereocenters. The number of aromatic nitrogens is 1. The number of carbonyl (C=O) groups excluding carboxylic acids is 1. The molecule has 2 heterocycles. The first-order valence-corrected chi connectivity index (χ1v) is 9.38. The lowest BCUT2D eigenvalue weighted by Gasteiger charge is -2.32. The van der Waals surface area contributed by atoms with Crippen LogP contribution in [0, 0.1) is 6.92 Å². The molecule has 3 aromatic rings. The van der Waals surface area contributed by atoms with Gasteiger partial charge in [0.25, 0.3) is 0 Å². The molecule has 2 aromatic carbocycles. The van der Waals surface area contributed by atoms with Crippen LogP contribution in [-0.2, 0) is 0 Å². The molecule has 4 rings (SSSR count). The number of fused-ring (bicyclic) bond motifs is 1. The predicted molar refractivity (Wildman–Crippen MR) is 107 cm³/mol. The fourth-order valence-corrected chi connectivity index (χ4v) is 3.88. The van der Waals surface area contributed by atoms with Crippen LogP contribution in [0.4, 0.5) is 10.5 Å². The van der Waals surface area contributed by atoms with Gasteiger partial charge in [-0.2, -0.15) is 0 Å². The lowest BCUT2D eigenvalue weighted by atomic mass is 9.89. The summed E-state index contributed by atoms with van der Waals surface area (Å²) in [7, 11) is 0. The van der Waals surface area contributed by atoms with E-state index in [4.69, 9.17) is 11.6 Å². The average molecular weight is 368 g/mol. The third-order valence-corrected chi connectivity index (χ3v) is 5.67. The first-order chi connectivity index (χ1) is 12.6. The van der Waals surface area contributed by atoms with Crippen molar-refractivity contribution in [2.24, 2.45) is 0 Å². The van der Waals surface area contributed by atoms with Gasteiger partial charge in [0.05, 0.1) is 0 Å². The first kappa shape index (κ1) is 17.0. The van der Waals surface area contributed by atoms with Crippen LogP contribution in [0.3, 0.4) is 0 Å². The van der Waals surface area contributed by atoms with Gasteiger partial charge in [-0.1, -0.05) is 35.9 Å². The molecule has 1 aromatic heterocycles. The molecule has 4 nitrogen and oxygen atoms in total. The molecule has 0 atom stereocenters. The maximum absolute atomic E-state index is 12.5. The number of anilines is 1. The summed E-state index contributed by atoms with van der Waals surface area (Å²) < 4.78 is 0. The van der Waals surface area contributed by atoms with Crippen LogP contribution < -0.4 is 5.32 Å². The molecule has 1 fully saturated rings. The van der Waals surface area contributed by atoms with Crippen molar-refractivity contribution in [3.05, 3.63) is 64.8 Å². The molecular formula is C21H22ClN3O. The van der Waals surface area contributed by atoms with Gasteiger partial charge >= 0.3 is 6.03 Å². The van der Waals surface area contributed by atoms with Crippen molar-refractivity contribution in [1.29, 1.82) is 0 Å². The summed E-state index contributed by atoms with van der Waals surface area (Å²) in [6.45, 7) is 3.47. The van der Waals surface area contributed by atoms with Crippen molar-refractivity contribution in [3.63, 3.8) is 0 Å². The number of rotatable bonds is 2. The van der Waals surface area contributed by atoms with E-state index in [0.29, 0.717) is 10.9 Å². The highest BCUT2D eigenvalue weighted by Crippen LogP contribution is 2.33. The van der Waals surface area contributed by atoms with Crippen LogP contribution in [-0.4, -0.2) is 29.0 Å². The van der Waals surface area contributed by atoms with E-state index in [-0.39, 0.29) is 6.03 Å². The smallest absolute Gasteiger partial charge is 0.321 e. The third kappa shape index (κ3) is 3.29. The van der Waals surface area contributed by atoms with E-state index in [1.807, 2.05) is 30.0 Å². The Hall–Kier alpha value is -2.46. The molecule has 2 N–H and O–H groups in total. The van der Waals surface area contributed by atoms with E-state index in [1.165, 1.54) is 16.5 Å². The molecule has 0 bridgehead atoms. The molecule has 1 aliphatic rings. The molecule has 1 saturated heterocycles. The van der Waals surface area contributed by atoms with Crippen molar-refractivity contribution in [2.75, 3.05) is 18.4 Å². The molecular weight excluding hydrogens is 346 g/mol. The Morgan fingerprint density at radius 3 is 2.73 bits per heavy atom. The number of nitrogens with zero attached hydrogens (tertiary/aromatic N) is 1. The van der Waals surface area contributed by atoms with E-state index in [0.717, 1.165) is 37.2 Å². The lowest BCUT2D eigenvalue weighted by molar-refractivity contribution is 0.195. The number of amides is 2. The number of likely N-dealkylation sites (tertiary alicyclic amines) is 1. The summed E-state index contributed by atoms with van der Waals surface area (Å²) in [5.41, 5.74) is 4.29. The van der Waals surface area contributed by atoms with Gasteiger partial charge in [0.1, 0.15) is 0 Å². The minimum absolute atomic E-state index is 0.0534. The quantitative estimate of drug-likeness (QED) is 0.613. The highest BCUT2D eigenvalue weighted by atomic mass is 35.5. The zero-order valence-electron chi connectivity index (χ0n) is 14.8. The number of halogens is 1. The standard InChI is InChI=1S/C21H22ClN3O/c1-14-6-7-16(12-19(14)22)24-21(26)25-10-8-15(9-11-25)18-13-23-20-5-3-2-4-17(18)20/h2-7,12-13,15,23H,8-11H2,1H3,(H,24,26). The van der Waals surface area contributed by atoms with Gasteiger partial charge < -0.3 is 15.2 Å². The molecule has 26 heavy (non-hydrogen) atoms. The van der Waals surface area contributed by atoms with Crippen LogP contribution in [0.1, 0.15) is 29.9 Å². The van der Waals surface area contributed by atoms with Crippen molar-refractivity contribution in [2.45, 2.75) is 25.7 Å². The number of hydrogen-bond acceptors (Lipinski definition) is 1. The number of para-hydroxylation sites is 1. The van der Waals surface area contributed by atoms with Gasteiger partial charge in [-0.25, -0.2) is 4.79 Å². The second kappa shape index (κ2) is 7.04. The first-order valence-electron chi connectivity index (χ1n) is 9.00. The van der Waals surface area contributed by atoms with Gasteiger partial charge in [-0.15, -0.1) is 0 Å². The fraction of sp³-hybridized carbons (Fsp3) is 0.286. The number of aryl methyl sites for hydroxylation is 1. The average Bonchev–Trinajstić information content (AvgIpc) is 3.09. The Morgan fingerprint density at radius 2 is 1.96 bits per heavy atom. The number of H-pyrrole nitrogens is 1. The Balaban J connectivity index is 1.40. The summed E-state index contributed by atoms with van der Waals surface area (Å²) in [5, 5.41) is 4.92. The summed E-state index contributed by atoms with van der Waals surface area (Å²) in [6, 6.07) is 14.0. The number of aromatic amines is 1. The second-order valence-corrected chi connectivity index (χ2v) is 7.35. The highest BCUT2D eigenvalue weighted by Gasteiger charge is 2.25. The predicted octanol–water partition coefficient (Wildman–Crippen LogP) is 5.54. The zero-order valence-corrected chi connectivity index (χ0v) is 15.5. The number of hydrogen-bond donors (Lipinski definition) is 2. The number of urea groups is 1. The Morgan fingerprint density at radius 1 is 1.19 bits per heavy atom. The van der Waals surface area contributed by atoms with E-state index >= 15 is 0 Å². The van der Waals surface area contributed by atoms with Gasteiger partial charge in [0, 0.05) is 40.9 Å². The van der Waals surface area contributed by atoms with Crippen molar-refractivity contribution < 1.29 is 4.79 Å². The van der Waals surface area contributed by atoms with Crippen molar-refractivity contribution in [1.82, 2.24) is 9.88 Å². The van der Waals surface area contributed by atoms with E-state index in [1.54, 1.807) is 6.07 Å². The Bertz CT molecular complexity index is 941. The van der Waals surface area contributed by atoms with Gasteiger partial charge in [0.2, 0.25) is 0 Å². The van der Waals surface area contributed by atoms with E-state index in [9.17, 15) is 4.79 Å². The topological polar surface area (TPSA) is 48.1 Å². The second-order valence-electron chi connectivity index (χ2n) is 6.95. The summed E-state index contributed by atoms with van der Waals surface area (Å²) >= 11 is 6.14. The van der Waals surface area contributed by atoms with Crippen LogP contribution in [0.5, 0.6) is 0 Å². The maximum atomic E-state index is 12.5. The summed E-state index contributed by atoms with van der Waals surface area (Å²) in [5.74, 6) is 0.490. The molecule has 5 heteroatoms. The lowest BCUT2D eigenvalue weighted by Crippen LogP contribution is -2.40. The van der Waals surface area contributed by atoms with Crippen LogP contribution in [0.2, 0.25) is 5.02 Å². The largest absolute Gasteiger partial charge is 0.361 e. The molecule has 0 aliphatic carbocycles. The molecule has 0 radical (unpaired) electrons. The maximum Gasteiger partial charge on any atom is 0.321 e. The Kier molecular flexibility index (Phi) is 4.60. The third-order valence-electron chi connectivity index (χ3n) is 5.27. The SMILES string of the molecule is Cc1ccc(NC(=O)N2CCC(c3c[nH]c4ccccc34)CC2)cc1Cl. The number of carbonyl (C=O) groups is 1. The fourth-order valence-electron chi connectivity index (χ4n) is 3.70. The number of piperidine rings is 1. The molecule has 134 valence electrons. The normalized spacial score (nSPS) is 15.4. The highest BCUT2D eigenvalue weighted by molar-refractivity contribution is 6.31. The summed E-state index contributed by atoms with van der Waals surface area (Å²) in [4.78, 5) is 17.8. The molecule has 0 spiro atoms. The van der Waals surface area contributed by atoms with Crippen molar-refractivity contribution in [3.8, 4) is 0 Å². The van der Waals surface area contributed by atoms with Gasteiger partial charge in [0.15, 0.2) is 0 Å². The summed E-state index contributed by atoms with van der Waals surface area (Å²) in [6.07, 6.45) is 4.08. The molecule has 1 aliphatic heterocycles.